The summed E-state index contributed by atoms with van der Waals surface area (Å²) in [6.07, 6.45) is 54.8. The van der Waals surface area contributed by atoms with Crippen LogP contribution in [-0.2, 0) is 65.4 Å². The van der Waals surface area contributed by atoms with E-state index in [1.165, 1.54) is 148 Å². The van der Waals surface area contributed by atoms with E-state index in [-0.39, 0.29) is 25.7 Å². The summed E-state index contributed by atoms with van der Waals surface area (Å²) in [7, 11) is -9.92. The molecular weight excluding hydrogens is 1250 g/mol. The lowest BCUT2D eigenvalue weighted by Crippen LogP contribution is -2.30. The van der Waals surface area contributed by atoms with E-state index in [1.807, 2.05) is 0 Å². The highest BCUT2D eigenvalue weighted by Gasteiger charge is 2.30. The molecule has 0 aromatic heterocycles. The van der Waals surface area contributed by atoms with Gasteiger partial charge < -0.3 is 33.8 Å². The third-order valence-electron chi connectivity index (χ3n) is 17.7. The molecule has 0 amide bonds. The maximum absolute atomic E-state index is 13.1. The van der Waals surface area contributed by atoms with Crippen molar-refractivity contribution in [2.24, 2.45) is 17.8 Å². The average Bonchev–Trinajstić information content (AvgIpc) is 2.45. The molecule has 0 aliphatic rings. The highest BCUT2D eigenvalue weighted by atomic mass is 31.2. The maximum atomic E-state index is 13.1. The highest BCUT2D eigenvalue weighted by Crippen LogP contribution is 2.45. The summed E-state index contributed by atoms with van der Waals surface area (Å²) < 4.78 is 68.5. The molecule has 0 rings (SSSR count). The van der Waals surface area contributed by atoms with Gasteiger partial charge in [0.1, 0.15) is 19.3 Å². The van der Waals surface area contributed by atoms with E-state index in [0.29, 0.717) is 25.7 Å². The van der Waals surface area contributed by atoms with E-state index in [4.69, 9.17) is 37.0 Å². The lowest BCUT2D eigenvalue weighted by Gasteiger charge is -2.21. The van der Waals surface area contributed by atoms with Gasteiger partial charge in [0, 0.05) is 25.7 Å². The fourth-order valence-electron chi connectivity index (χ4n) is 11.0. The summed E-state index contributed by atoms with van der Waals surface area (Å²) in [6.45, 7) is 11.8. The number of hydrogen-bond donors (Lipinski definition) is 3. The predicted octanol–water partition coefficient (Wildman–Crippen LogP) is 21.7. The zero-order valence-electron chi connectivity index (χ0n) is 61.6. The summed E-state index contributed by atoms with van der Waals surface area (Å²) in [5, 5.41) is 10.6. The minimum atomic E-state index is -4.96. The fraction of sp³-hybridized carbons (Fsp3) is 0.895. The molecule has 0 aromatic carbocycles. The summed E-state index contributed by atoms with van der Waals surface area (Å²) >= 11 is 0. The minimum absolute atomic E-state index is 0.0990. The van der Waals surface area contributed by atoms with Gasteiger partial charge in [0.2, 0.25) is 0 Å². The highest BCUT2D eigenvalue weighted by molar-refractivity contribution is 7.47. The van der Waals surface area contributed by atoms with Gasteiger partial charge in [-0.2, -0.15) is 0 Å². The Morgan fingerprint density at radius 1 is 0.347 bits per heavy atom. The molecule has 0 aliphatic carbocycles. The first-order chi connectivity index (χ1) is 45.8. The summed E-state index contributed by atoms with van der Waals surface area (Å²) in [5.74, 6) is 0.165. The first-order valence-corrected chi connectivity index (χ1v) is 41.7. The van der Waals surface area contributed by atoms with Crippen LogP contribution in [0.2, 0.25) is 0 Å². The van der Waals surface area contributed by atoms with Crippen LogP contribution in [0.4, 0.5) is 0 Å². The van der Waals surface area contributed by atoms with Gasteiger partial charge in [-0.3, -0.25) is 37.3 Å². The van der Waals surface area contributed by atoms with Crippen LogP contribution in [0.3, 0.4) is 0 Å². The Morgan fingerprint density at radius 3 is 0.937 bits per heavy atom. The molecule has 4 unspecified atom stereocenters. The second-order valence-corrected chi connectivity index (χ2v) is 30.6. The van der Waals surface area contributed by atoms with Crippen molar-refractivity contribution < 1.29 is 80.2 Å². The van der Waals surface area contributed by atoms with Gasteiger partial charge in [0.15, 0.2) is 12.2 Å². The number of ether oxygens (including phenoxy) is 4. The van der Waals surface area contributed by atoms with Crippen molar-refractivity contribution in [3.05, 3.63) is 24.3 Å². The number of carbonyl (C=O) groups is 4. The molecule has 0 radical (unpaired) electrons. The Kier molecular flexibility index (Phi) is 64.4. The zero-order valence-corrected chi connectivity index (χ0v) is 63.4. The average molecular weight is 1390 g/mol. The molecule has 0 bridgehead atoms. The number of allylic oxidation sites excluding steroid dienone is 4. The molecule has 0 aromatic rings. The van der Waals surface area contributed by atoms with Crippen LogP contribution in [-0.4, -0.2) is 96.7 Å². The van der Waals surface area contributed by atoms with Gasteiger partial charge in [-0.25, -0.2) is 9.13 Å². The van der Waals surface area contributed by atoms with Gasteiger partial charge in [-0.1, -0.05) is 310 Å². The van der Waals surface area contributed by atoms with Crippen molar-refractivity contribution in [2.75, 3.05) is 39.6 Å². The first-order valence-electron chi connectivity index (χ1n) is 38.7. The van der Waals surface area contributed by atoms with Crippen LogP contribution in [0, 0.1) is 17.8 Å². The number of hydrogen-bond acceptors (Lipinski definition) is 15. The third-order valence-corrected chi connectivity index (χ3v) is 19.6. The van der Waals surface area contributed by atoms with Crippen molar-refractivity contribution in [1.82, 2.24) is 0 Å². The molecular formula is C76H144O17P2. The number of esters is 4. The molecule has 560 valence electrons. The number of carbonyl (C=O) groups excluding carboxylic acids is 4. The molecule has 7 atom stereocenters. The lowest BCUT2D eigenvalue weighted by atomic mass is 9.99. The standard InChI is InChI=1S/C76H144O17P2/c1-8-11-12-13-14-15-16-17-18-21-24-30-35-43-50-57-73(78)86-63-71(92-76(81)60-53-46-37-32-27-26-29-34-41-48-55-68(6)9-2)65-90-94(82,83)88-61-70(77)62-89-95(84,85)91-66-72(64-87-74(79)58-51-44-39-38-42-49-56-69(7)10-3)93-75(80)59-52-45-36-31-25-22-19-20-23-28-33-40-47-54-67(4)5/h15-18,67-72,77H,8-14,19-66H2,1-7H3,(H,82,83)(H,84,85)/b16-15-,18-17-/t68?,69?,70-,71-,72-/m1/s1. The predicted molar refractivity (Wildman–Crippen MR) is 386 cm³/mol. The Labute approximate surface area is 580 Å². The van der Waals surface area contributed by atoms with Gasteiger partial charge >= 0.3 is 39.5 Å². The fourth-order valence-corrected chi connectivity index (χ4v) is 12.6. The molecule has 0 saturated carbocycles. The van der Waals surface area contributed by atoms with E-state index < -0.39 is 97.5 Å². The van der Waals surface area contributed by atoms with E-state index >= 15 is 0 Å². The smallest absolute Gasteiger partial charge is 0.462 e. The normalized spacial score (nSPS) is 14.8. The number of phosphoric ester groups is 2. The Balaban J connectivity index is 5.29. The molecule has 19 heteroatoms. The van der Waals surface area contributed by atoms with E-state index in [0.717, 1.165) is 133 Å². The first kappa shape index (κ1) is 92.5. The van der Waals surface area contributed by atoms with Crippen LogP contribution in [0.15, 0.2) is 24.3 Å². The number of unbranched alkanes of at least 4 members (excludes halogenated alkanes) is 35. The zero-order chi connectivity index (χ0) is 70.1. The lowest BCUT2D eigenvalue weighted by molar-refractivity contribution is -0.161. The number of aliphatic hydroxyl groups excluding tert-OH is 1. The third kappa shape index (κ3) is 67.2. The van der Waals surface area contributed by atoms with E-state index in [1.54, 1.807) is 0 Å². The summed E-state index contributed by atoms with van der Waals surface area (Å²) in [5.41, 5.74) is 0. The van der Waals surface area contributed by atoms with E-state index in [9.17, 15) is 43.2 Å². The van der Waals surface area contributed by atoms with Gasteiger partial charge in [0.25, 0.3) is 0 Å². The summed E-state index contributed by atoms with van der Waals surface area (Å²) in [6, 6.07) is 0. The molecule has 3 N–H and O–H groups in total. The quantitative estimate of drug-likeness (QED) is 0.0169. The van der Waals surface area contributed by atoms with Gasteiger partial charge in [0.05, 0.1) is 26.4 Å². The van der Waals surface area contributed by atoms with Crippen LogP contribution in [0.1, 0.15) is 363 Å². The summed E-state index contributed by atoms with van der Waals surface area (Å²) in [4.78, 5) is 72.8. The van der Waals surface area contributed by atoms with Crippen molar-refractivity contribution in [3.8, 4) is 0 Å². The van der Waals surface area contributed by atoms with Crippen molar-refractivity contribution >= 4 is 39.5 Å². The van der Waals surface area contributed by atoms with Crippen LogP contribution in [0.5, 0.6) is 0 Å². The topological polar surface area (TPSA) is 237 Å². The molecule has 0 fully saturated rings. The number of rotatable bonds is 72. The molecule has 17 nitrogen and oxygen atoms in total. The van der Waals surface area contributed by atoms with Crippen molar-refractivity contribution in [2.45, 2.75) is 381 Å². The van der Waals surface area contributed by atoms with Crippen LogP contribution >= 0.6 is 15.6 Å². The Bertz CT molecular complexity index is 1950. The van der Waals surface area contributed by atoms with Gasteiger partial charge in [-0.15, -0.1) is 0 Å². The SMILES string of the molecule is CCCCCC/C=C\C=C/CCCCCCCC(=O)OC[C@H](COP(=O)(O)OC[C@@H](O)COP(=O)(O)OC[C@@H](COC(=O)CCCCCCCCC(C)CC)OC(=O)CCCCCCCCCCCCCCCC(C)C)OC(=O)CCCCCCCCCCCCC(C)CC. The second kappa shape index (κ2) is 66.1. The second-order valence-electron chi connectivity index (χ2n) is 27.7. The molecule has 0 spiro atoms. The largest absolute Gasteiger partial charge is 0.472 e. The Hall–Kier alpha value is -2.46. The van der Waals surface area contributed by atoms with Crippen LogP contribution in [0.25, 0.3) is 0 Å². The van der Waals surface area contributed by atoms with E-state index in [2.05, 4.69) is 72.8 Å². The Morgan fingerprint density at radius 2 is 0.621 bits per heavy atom. The van der Waals surface area contributed by atoms with Crippen molar-refractivity contribution in [1.29, 1.82) is 0 Å². The maximum Gasteiger partial charge on any atom is 0.472 e. The number of phosphoric acid groups is 2. The molecule has 95 heavy (non-hydrogen) atoms. The molecule has 0 aliphatic heterocycles. The minimum Gasteiger partial charge on any atom is -0.462 e. The number of aliphatic hydroxyl groups is 1. The van der Waals surface area contributed by atoms with Crippen LogP contribution < -0.4 is 0 Å². The molecule has 0 saturated heterocycles. The van der Waals surface area contributed by atoms with Crippen molar-refractivity contribution in [3.63, 3.8) is 0 Å². The van der Waals surface area contributed by atoms with Gasteiger partial charge in [-0.05, 0) is 69.1 Å². The monoisotopic (exact) mass is 1390 g/mol. The molecule has 0 heterocycles.